The lowest BCUT2D eigenvalue weighted by Crippen LogP contribution is -2.52. The van der Waals surface area contributed by atoms with Crippen LogP contribution in [0.15, 0.2) is 30.6 Å². The molecule has 11 nitrogen and oxygen atoms in total. The van der Waals surface area contributed by atoms with Crippen LogP contribution in [0, 0.1) is 6.92 Å². The quantitative estimate of drug-likeness (QED) is 0.493. The van der Waals surface area contributed by atoms with Crippen molar-refractivity contribution in [2.24, 2.45) is 0 Å². The fourth-order valence-electron chi connectivity index (χ4n) is 4.41. The van der Waals surface area contributed by atoms with E-state index in [2.05, 4.69) is 30.6 Å². The number of ether oxygens (including phenoxy) is 2. The number of anilines is 1. The number of nitrogens with zero attached hydrogens (tertiary/aromatic N) is 5. The molecule has 1 aromatic carbocycles. The highest BCUT2D eigenvalue weighted by Gasteiger charge is 2.27. The van der Waals surface area contributed by atoms with Crippen LogP contribution in [-0.2, 0) is 16.0 Å². The number of piperidine rings is 1. The minimum absolute atomic E-state index is 0.00335. The Morgan fingerprint density at radius 1 is 1.17 bits per heavy atom. The smallest absolute Gasteiger partial charge is 0.254 e. The molecule has 0 radical (unpaired) electrons. The van der Waals surface area contributed by atoms with E-state index < -0.39 is 6.04 Å². The van der Waals surface area contributed by atoms with Crippen molar-refractivity contribution in [2.45, 2.75) is 45.2 Å². The highest BCUT2D eigenvalue weighted by atomic mass is 16.5. The molecule has 1 fully saturated rings. The lowest BCUT2D eigenvalue weighted by molar-refractivity contribution is -0.128. The molecule has 2 N–H and O–H groups in total. The summed E-state index contributed by atoms with van der Waals surface area (Å²) >= 11 is 0. The summed E-state index contributed by atoms with van der Waals surface area (Å²) in [5.74, 6) is 2.31. The second-order valence-electron chi connectivity index (χ2n) is 8.63. The number of aryl methyl sites for hydroxylation is 1. The number of hydrogen-bond donors (Lipinski definition) is 2. The summed E-state index contributed by atoms with van der Waals surface area (Å²) in [6, 6.07) is 6.66. The number of fused-ring (bicyclic) bond motifs is 1. The molecule has 0 spiro atoms. The third-order valence-electron chi connectivity index (χ3n) is 6.13. The van der Waals surface area contributed by atoms with Gasteiger partial charge in [-0.1, -0.05) is 0 Å². The third-order valence-corrected chi connectivity index (χ3v) is 6.13. The summed E-state index contributed by atoms with van der Waals surface area (Å²) < 4.78 is 12.5. The van der Waals surface area contributed by atoms with Gasteiger partial charge >= 0.3 is 0 Å². The lowest BCUT2D eigenvalue weighted by atomic mass is 10.0. The summed E-state index contributed by atoms with van der Waals surface area (Å²) in [5, 5.41) is 10.2. The number of amides is 2. The summed E-state index contributed by atoms with van der Waals surface area (Å²) in [7, 11) is 3.15. The average molecular weight is 482 g/mol. The van der Waals surface area contributed by atoms with Crippen LogP contribution in [0.2, 0.25) is 0 Å². The molecule has 2 amide bonds. The van der Waals surface area contributed by atoms with Crippen LogP contribution in [0.25, 0.3) is 5.78 Å². The molecule has 4 rings (SSSR count). The molecule has 1 saturated heterocycles. The van der Waals surface area contributed by atoms with Crippen molar-refractivity contribution in [3.05, 3.63) is 41.9 Å². The fraction of sp³-hybridized carbons (Fsp3) is 0.458. The van der Waals surface area contributed by atoms with Gasteiger partial charge in [0.2, 0.25) is 11.8 Å². The van der Waals surface area contributed by atoms with Gasteiger partial charge in [0.25, 0.3) is 5.78 Å². The Labute approximate surface area is 203 Å². The molecular weight excluding hydrogens is 450 g/mol. The molecule has 3 aromatic rings. The highest BCUT2D eigenvalue weighted by molar-refractivity contribution is 5.87. The predicted molar refractivity (Wildman–Crippen MR) is 130 cm³/mol. The number of methoxy groups -OCH3 is 2. The predicted octanol–water partition coefficient (Wildman–Crippen LogP) is 1.28. The Balaban J connectivity index is 1.42. The number of rotatable bonds is 8. The molecule has 0 bridgehead atoms. The van der Waals surface area contributed by atoms with Gasteiger partial charge in [-0.15, -0.1) is 0 Å². The van der Waals surface area contributed by atoms with Crippen molar-refractivity contribution in [1.29, 1.82) is 0 Å². The molecule has 11 heteroatoms. The minimum Gasteiger partial charge on any atom is -0.497 e. The van der Waals surface area contributed by atoms with Gasteiger partial charge in [0.1, 0.15) is 29.7 Å². The molecule has 186 valence electrons. The van der Waals surface area contributed by atoms with E-state index in [-0.39, 0.29) is 24.3 Å². The molecule has 35 heavy (non-hydrogen) atoms. The van der Waals surface area contributed by atoms with Crippen LogP contribution >= 0.6 is 0 Å². The second-order valence-corrected chi connectivity index (χ2v) is 8.63. The van der Waals surface area contributed by atoms with Gasteiger partial charge < -0.3 is 25.0 Å². The van der Waals surface area contributed by atoms with Crippen molar-refractivity contribution < 1.29 is 19.1 Å². The van der Waals surface area contributed by atoms with Crippen molar-refractivity contribution in [3.8, 4) is 11.5 Å². The molecule has 0 unspecified atom stereocenters. The van der Waals surface area contributed by atoms with Gasteiger partial charge in [-0.25, -0.2) is 4.98 Å². The number of carbonyl (C=O) groups is 2. The number of aromatic nitrogens is 4. The van der Waals surface area contributed by atoms with Gasteiger partial charge in [0.05, 0.1) is 14.2 Å². The van der Waals surface area contributed by atoms with Crippen molar-refractivity contribution in [3.63, 3.8) is 0 Å². The van der Waals surface area contributed by atoms with Gasteiger partial charge in [0.15, 0.2) is 0 Å². The van der Waals surface area contributed by atoms with Crippen molar-refractivity contribution >= 4 is 23.4 Å². The van der Waals surface area contributed by atoms with Crippen LogP contribution in [0.1, 0.15) is 31.0 Å². The maximum atomic E-state index is 13.2. The van der Waals surface area contributed by atoms with Crippen LogP contribution in [0.3, 0.4) is 0 Å². The van der Waals surface area contributed by atoms with Crippen LogP contribution in [0.5, 0.6) is 11.5 Å². The SMILES string of the molecule is COc1ccc(OC)c(C[C@H](NC(C)=O)C(=O)NC2CCN(c3cc(C)nc4ncnn34)CC2)c1. The zero-order chi connectivity index (χ0) is 24.9. The Hall–Kier alpha value is -3.89. The van der Waals surface area contributed by atoms with E-state index in [4.69, 9.17) is 9.47 Å². The number of carbonyl (C=O) groups excluding carboxylic acids is 2. The Kier molecular flexibility index (Phi) is 7.33. The molecule has 1 aliphatic rings. The minimum atomic E-state index is -0.732. The van der Waals surface area contributed by atoms with Gasteiger partial charge in [-0.3, -0.25) is 9.59 Å². The zero-order valence-corrected chi connectivity index (χ0v) is 20.4. The summed E-state index contributed by atoms with van der Waals surface area (Å²) in [4.78, 5) is 35.9. The van der Waals surface area contributed by atoms with Crippen LogP contribution in [0.4, 0.5) is 5.82 Å². The third kappa shape index (κ3) is 5.61. The highest BCUT2D eigenvalue weighted by Crippen LogP contribution is 2.26. The first-order chi connectivity index (χ1) is 16.9. The first-order valence-corrected chi connectivity index (χ1v) is 11.6. The Bertz CT molecular complexity index is 1200. The number of benzene rings is 1. The Morgan fingerprint density at radius 3 is 2.63 bits per heavy atom. The van der Waals surface area contributed by atoms with Gasteiger partial charge in [0, 0.05) is 49.8 Å². The molecule has 0 aliphatic carbocycles. The van der Waals surface area contributed by atoms with E-state index in [1.54, 1.807) is 30.9 Å². The zero-order valence-electron chi connectivity index (χ0n) is 20.4. The first kappa shape index (κ1) is 24.2. The van der Waals surface area contributed by atoms with E-state index in [0.29, 0.717) is 17.3 Å². The average Bonchev–Trinajstić information content (AvgIpc) is 3.31. The summed E-state index contributed by atoms with van der Waals surface area (Å²) in [5.41, 5.74) is 1.66. The largest absolute Gasteiger partial charge is 0.497 e. The Morgan fingerprint density at radius 2 is 1.94 bits per heavy atom. The molecule has 3 heterocycles. The molecule has 0 saturated carbocycles. The van der Waals surface area contributed by atoms with Gasteiger partial charge in [-0.2, -0.15) is 14.6 Å². The lowest BCUT2D eigenvalue weighted by Gasteiger charge is -2.34. The van der Waals surface area contributed by atoms with Crippen molar-refractivity contribution in [1.82, 2.24) is 30.2 Å². The van der Waals surface area contributed by atoms with E-state index in [1.165, 1.54) is 13.3 Å². The topological polar surface area (TPSA) is 123 Å². The second kappa shape index (κ2) is 10.6. The number of hydrogen-bond acceptors (Lipinski definition) is 8. The molecular formula is C24H31N7O4. The maximum Gasteiger partial charge on any atom is 0.254 e. The first-order valence-electron chi connectivity index (χ1n) is 11.6. The fourth-order valence-corrected chi connectivity index (χ4v) is 4.41. The summed E-state index contributed by atoms with van der Waals surface area (Å²) in [6.07, 6.45) is 3.31. The van der Waals surface area contributed by atoms with E-state index in [0.717, 1.165) is 43.0 Å². The monoisotopic (exact) mass is 481 g/mol. The normalized spacial score (nSPS) is 15.0. The van der Waals surface area contributed by atoms with E-state index in [9.17, 15) is 9.59 Å². The summed E-state index contributed by atoms with van der Waals surface area (Å²) in [6.45, 7) is 4.84. The molecule has 2 aromatic heterocycles. The van der Waals surface area contributed by atoms with Crippen LogP contribution in [-0.4, -0.2) is 70.8 Å². The molecule has 1 atom stereocenters. The van der Waals surface area contributed by atoms with E-state index >= 15 is 0 Å². The van der Waals surface area contributed by atoms with E-state index in [1.807, 2.05) is 19.1 Å². The standard InChI is InChI=1S/C24H31N7O4/c1-15-11-22(31-24(27-15)25-14-26-31)30-9-7-18(8-10-30)29-23(33)20(28-16(2)32)13-17-12-19(34-3)5-6-21(17)35-4/h5-6,11-12,14,18,20H,7-10,13H2,1-4H3,(H,28,32)(H,29,33)/t20-/m0/s1. The van der Waals surface area contributed by atoms with Gasteiger partial charge in [-0.05, 0) is 38.0 Å². The maximum absolute atomic E-state index is 13.2. The van der Waals surface area contributed by atoms with Crippen LogP contribution < -0.4 is 25.0 Å². The van der Waals surface area contributed by atoms with Crippen molar-refractivity contribution in [2.75, 3.05) is 32.2 Å². The number of nitrogens with one attached hydrogen (secondary N) is 2. The molecule has 1 aliphatic heterocycles.